The first-order valence-electron chi connectivity index (χ1n) is 4.26. The van der Waals surface area contributed by atoms with Crippen LogP contribution in [-0.2, 0) is 14.3 Å². The van der Waals surface area contributed by atoms with Crippen LogP contribution in [0.25, 0.3) is 0 Å². The highest BCUT2D eigenvalue weighted by Gasteiger charge is 2.44. The highest BCUT2D eigenvalue weighted by molar-refractivity contribution is 5.56. The summed E-state index contributed by atoms with van der Waals surface area (Å²) in [6.07, 6.45) is -3.95. The maximum Gasteiger partial charge on any atom is 0.186 e. The SMILES string of the molecule is COC1OC(CO)C(C=O)C(O)C1O. The van der Waals surface area contributed by atoms with Crippen molar-refractivity contribution in [3.63, 3.8) is 0 Å². The normalized spacial score (nSPS) is 43.6. The van der Waals surface area contributed by atoms with E-state index in [1.807, 2.05) is 0 Å². The van der Waals surface area contributed by atoms with Crippen molar-refractivity contribution in [3.8, 4) is 0 Å². The lowest BCUT2D eigenvalue weighted by Gasteiger charge is -2.39. The number of hydrogen-bond acceptors (Lipinski definition) is 6. The molecule has 1 saturated heterocycles. The molecule has 1 rings (SSSR count). The monoisotopic (exact) mass is 206 g/mol. The second-order valence-electron chi connectivity index (χ2n) is 3.16. The molecule has 0 amide bonds. The fourth-order valence-corrected chi connectivity index (χ4v) is 1.48. The molecule has 0 aromatic heterocycles. The van der Waals surface area contributed by atoms with E-state index in [1.54, 1.807) is 0 Å². The number of hydrogen-bond donors (Lipinski definition) is 3. The molecule has 1 fully saturated rings. The minimum atomic E-state index is -1.28. The van der Waals surface area contributed by atoms with Crippen molar-refractivity contribution in [1.82, 2.24) is 0 Å². The summed E-state index contributed by atoms with van der Waals surface area (Å²) in [5.41, 5.74) is 0. The van der Waals surface area contributed by atoms with E-state index in [0.29, 0.717) is 6.29 Å². The van der Waals surface area contributed by atoms with Crippen molar-refractivity contribution in [1.29, 1.82) is 0 Å². The van der Waals surface area contributed by atoms with E-state index >= 15 is 0 Å². The van der Waals surface area contributed by atoms with Gasteiger partial charge in [-0.25, -0.2) is 0 Å². The molecule has 0 aromatic rings. The Bertz CT molecular complexity index is 194. The third-order valence-corrected chi connectivity index (χ3v) is 2.33. The largest absolute Gasteiger partial charge is 0.394 e. The van der Waals surface area contributed by atoms with E-state index in [2.05, 4.69) is 0 Å². The molecule has 1 aliphatic heterocycles. The van der Waals surface area contributed by atoms with Crippen LogP contribution < -0.4 is 0 Å². The number of carbonyl (C=O) groups excluding carboxylic acids is 1. The van der Waals surface area contributed by atoms with Crippen LogP contribution in [0.3, 0.4) is 0 Å². The number of aliphatic hydroxyl groups excluding tert-OH is 3. The van der Waals surface area contributed by atoms with Crippen LogP contribution >= 0.6 is 0 Å². The lowest BCUT2D eigenvalue weighted by Crippen LogP contribution is -2.56. The van der Waals surface area contributed by atoms with Gasteiger partial charge in [0, 0.05) is 7.11 Å². The Hall–Kier alpha value is -0.530. The Morgan fingerprint density at radius 1 is 1.43 bits per heavy atom. The molecular weight excluding hydrogens is 192 g/mol. The van der Waals surface area contributed by atoms with E-state index in [0.717, 1.165) is 0 Å². The van der Waals surface area contributed by atoms with Crippen molar-refractivity contribution < 1.29 is 29.6 Å². The molecule has 82 valence electrons. The average molecular weight is 206 g/mol. The van der Waals surface area contributed by atoms with Crippen molar-refractivity contribution in [2.24, 2.45) is 5.92 Å². The summed E-state index contributed by atoms with van der Waals surface area (Å²) < 4.78 is 9.80. The summed E-state index contributed by atoms with van der Waals surface area (Å²) in [6, 6.07) is 0. The highest BCUT2D eigenvalue weighted by Crippen LogP contribution is 2.24. The number of aldehydes is 1. The van der Waals surface area contributed by atoms with Gasteiger partial charge in [-0.2, -0.15) is 0 Å². The van der Waals surface area contributed by atoms with E-state index in [1.165, 1.54) is 7.11 Å². The molecule has 0 saturated carbocycles. The predicted octanol–water partition coefficient (Wildman–Crippen LogP) is -2.11. The lowest BCUT2D eigenvalue weighted by atomic mass is 9.90. The number of rotatable bonds is 3. The molecule has 0 radical (unpaired) electrons. The van der Waals surface area contributed by atoms with Gasteiger partial charge in [-0.1, -0.05) is 0 Å². The second kappa shape index (κ2) is 4.81. The molecule has 5 unspecified atom stereocenters. The zero-order valence-electron chi connectivity index (χ0n) is 7.74. The second-order valence-corrected chi connectivity index (χ2v) is 3.16. The molecule has 3 N–H and O–H groups in total. The van der Waals surface area contributed by atoms with Crippen LogP contribution in [-0.4, -0.2) is 59.9 Å². The summed E-state index contributed by atoms with van der Waals surface area (Å²) in [6.45, 7) is -0.410. The van der Waals surface area contributed by atoms with E-state index < -0.39 is 37.1 Å². The Kier molecular flexibility index (Phi) is 3.97. The van der Waals surface area contributed by atoms with Gasteiger partial charge >= 0.3 is 0 Å². The lowest BCUT2D eigenvalue weighted by molar-refractivity contribution is -0.276. The van der Waals surface area contributed by atoms with Gasteiger partial charge in [0.05, 0.1) is 24.7 Å². The van der Waals surface area contributed by atoms with Crippen molar-refractivity contribution in [3.05, 3.63) is 0 Å². The van der Waals surface area contributed by atoms with Crippen LogP contribution in [0.15, 0.2) is 0 Å². The fraction of sp³-hybridized carbons (Fsp3) is 0.875. The maximum absolute atomic E-state index is 10.6. The van der Waals surface area contributed by atoms with E-state index in [4.69, 9.17) is 14.6 Å². The van der Waals surface area contributed by atoms with Gasteiger partial charge < -0.3 is 29.6 Å². The summed E-state index contributed by atoms with van der Waals surface area (Å²) in [5.74, 6) is -0.929. The average Bonchev–Trinajstić information content (AvgIpc) is 2.21. The predicted molar refractivity (Wildman–Crippen MR) is 44.3 cm³/mol. The highest BCUT2D eigenvalue weighted by atomic mass is 16.7. The van der Waals surface area contributed by atoms with E-state index in [9.17, 15) is 15.0 Å². The molecule has 0 spiro atoms. The molecule has 1 aliphatic rings. The van der Waals surface area contributed by atoms with Crippen LogP contribution in [0.1, 0.15) is 0 Å². The molecular formula is C8H14O6. The summed E-state index contributed by atoms with van der Waals surface area (Å²) in [4.78, 5) is 10.6. The van der Waals surface area contributed by atoms with Gasteiger partial charge in [0.1, 0.15) is 12.4 Å². The number of aliphatic hydroxyl groups is 3. The minimum Gasteiger partial charge on any atom is -0.394 e. The van der Waals surface area contributed by atoms with Crippen LogP contribution in [0, 0.1) is 5.92 Å². The standard InChI is InChI=1S/C8H14O6/c1-13-8-7(12)6(11)4(2-9)5(3-10)14-8/h2,4-8,10-12H,3H2,1H3. The number of methoxy groups -OCH3 is 1. The van der Waals surface area contributed by atoms with Gasteiger partial charge in [-0.3, -0.25) is 0 Å². The summed E-state index contributed by atoms with van der Waals surface area (Å²) in [7, 11) is 1.30. The third-order valence-electron chi connectivity index (χ3n) is 2.33. The first kappa shape index (κ1) is 11.5. The zero-order chi connectivity index (χ0) is 10.7. The van der Waals surface area contributed by atoms with Gasteiger partial charge in [0.25, 0.3) is 0 Å². The molecule has 14 heavy (non-hydrogen) atoms. The molecule has 1 heterocycles. The number of carbonyl (C=O) groups is 1. The molecule has 0 bridgehead atoms. The van der Waals surface area contributed by atoms with Crippen molar-refractivity contribution >= 4 is 6.29 Å². The van der Waals surface area contributed by atoms with E-state index in [-0.39, 0.29) is 0 Å². The molecule has 0 aromatic carbocycles. The van der Waals surface area contributed by atoms with Crippen molar-refractivity contribution in [2.75, 3.05) is 13.7 Å². The quantitative estimate of drug-likeness (QED) is 0.457. The van der Waals surface area contributed by atoms with Gasteiger partial charge in [-0.05, 0) is 0 Å². The van der Waals surface area contributed by atoms with Crippen LogP contribution in [0.5, 0.6) is 0 Å². The molecule has 6 nitrogen and oxygen atoms in total. The fourth-order valence-electron chi connectivity index (χ4n) is 1.48. The minimum absolute atomic E-state index is 0.410. The maximum atomic E-state index is 10.6. The Morgan fingerprint density at radius 2 is 2.07 bits per heavy atom. The first-order chi connectivity index (χ1) is 6.65. The molecule has 0 aliphatic carbocycles. The number of ether oxygens (including phenoxy) is 2. The van der Waals surface area contributed by atoms with Crippen molar-refractivity contribution in [2.45, 2.75) is 24.6 Å². The van der Waals surface area contributed by atoms with Crippen LogP contribution in [0.2, 0.25) is 0 Å². The third kappa shape index (κ3) is 1.94. The Morgan fingerprint density at radius 3 is 2.50 bits per heavy atom. The first-order valence-corrected chi connectivity index (χ1v) is 4.26. The Balaban J connectivity index is 2.76. The zero-order valence-corrected chi connectivity index (χ0v) is 7.74. The van der Waals surface area contributed by atoms with Gasteiger partial charge in [-0.15, -0.1) is 0 Å². The topological polar surface area (TPSA) is 96.2 Å². The molecule has 5 atom stereocenters. The van der Waals surface area contributed by atoms with Gasteiger partial charge in [0.15, 0.2) is 6.29 Å². The van der Waals surface area contributed by atoms with Gasteiger partial charge in [0.2, 0.25) is 0 Å². The smallest absolute Gasteiger partial charge is 0.186 e. The molecule has 6 heteroatoms. The Labute approximate surface area is 81.1 Å². The summed E-state index contributed by atoms with van der Waals surface area (Å²) in [5, 5.41) is 27.8. The summed E-state index contributed by atoms with van der Waals surface area (Å²) >= 11 is 0. The van der Waals surface area contributed by atoms with Crippen LogP contribution in [0.4, 0.5) is 0 Å².